The molecule has 4 N–H and O–H groups in total. The van der Waals surface area contributed by atoms with Gasteiger partial charge in [-0.05, 0) is 30.7 Å². The van der Waals surface area contributed by atoms with Crippen LogP contribution in [0.4, 0.5) is 32.4 Å². The molecule has 1 aliphatic heterocycles. The zero-order chi connectivity index (χ0) is 21.3. The smallest absolute Gasteiger partial charge is 0.235 e. The van der Waals surface area contributed by atoms with Gasteiger partial charge in [0.25, 0.3) is 0 Å². The number of alkyl halides is 1. The number of nitrogens with zero attached hydrogens (tertiary/aromatic N) is 5. The van der Waals surface area contributed by atoms with Gasteiger partial charge in [-0.25, -0.2) is 8.78 Å². The van der Waals surface area contributed by atoms with Crippen LogP contribution < -0.4 is 16.0 Å². The first kappa shape index (κ1) is 20.0. The van der Waals surface area contributed by atoms with Crippen LogP contribution in [0.3, 0.4) is 0 Å². The molecule has 4 rings (SSSR count). The summed E-state index contributed by atoms with van der Waals surface area (Å²) >= 11 is 6.21. The zero-order valence-corrected chi connectivity index (χ0v) is 16.7. The fourth-order valence-corrected chi connectivity index (χ4v) is 3.71. The Hall–Kier alpha value is -3.27. The Morgan fingerprint density at radius 1 is 1.30 bits per heavy atom. The number of hydrogen-bond donors (Lipinski definition) is 3. The quantitative estimate of drug-likeness (QED) is 0.558. The highest BCUT2D eigenvalue weighted by Gasteiger charge is 2.36. The van der Waals surface area contributed by atoms with Crippen LogP contribution >= 0.6 is 11.6 Å². The molecular weight excluding hydrogens is 414 g/mol. The van der Waals surface area contributed by atoms with Crippen molar-refractivity contribution in [1.82, 2.24) is 25.1 Å². The zero-order valence-electron chi connectivity index (χ0n) is 16.0. The molecule has 30 heavy (non-hydrogen) atoms. The van der Waals surface area contributed by atoms with Crippen molar-refractivity contribution in [3.63, 3.8) is 0 Å². The summed E-state index contributed by atoms with van der Waals surface area (Å²) in [7, 11) is 0. The van der Waals surface area contributed by atoms with Gasteiger partial charge in [0.2, 0.25) is 17.8 Å². The van der Waals surface area contributed by atoms with Crippen LogP contribution in [-0.4, -0.2) is 37.9 Å². The Morgan fingerprint density at radius 2 is 2.13 bits per heavy atom. The van der Waals surface area contributed by atoms with Gasteiger partial charge in [-0.2, -0.15) is 20.1 Å². The molecule has 1 aromatic carbocycles. The van der Waals surface area contributed by atoms with Crippen molar-refractivity contribution in [3.8, 4) is 0 Å². The van der Waals surface area contributed by atoms with Crippen LogP contribution in [0.15, 0.2) is 30.3 Å². The van der Waals surface area contributed by atoms with Gasteiger partial charge in [-0.1, -0.05) is 23.7 Å². The van der Waals surface area contributed by atoms with Gasteiger partial charge in [-0.3, -0.25) is 5.10 Å². The van der Waals surface area contributed by atoms with E-state index in [1.54, 1.807) is 17.0 Å². The first-order valence-electron chi connectivity index (χ1n) is 9.25. The number of nitrogens with two attached hydrogens (primary N) is 1. The molecule has 8 nitrogen and oxygen atoms in total. The lowest BCUT2D eigenvalue weighted by molar-refractivity contribution is 0.357. The third-order valence-electron chi connectivity index (χ3n) is 4.65. The number of benzene rings is 1. The van der Waals surface area contributed by atoms with E-state index in [0.29, 0.717) is 11.4 Å². The predicted octanol–water partition coefficient (Wildman–Crippen LogP) is 4.04. The van der Waals surface area contributed by atoms with Crippen LogP contribution in [0, 0.1) is 5.82 Å². The fourth-order valence-electron chi connectivity index (χ4n) is 3.42. The Balaban J connectivity index is 1.64. The lowest BCUT2D eigenvalue weighted by Gasteiger charge is -2.25. The molecule has 156 valence electrons. The standard InChI is InChI=1S/C19H19ClF2N8/c1-2-3-12-8-16(29-28-12)24-18-25-17(23)26-19(27-18)30-9-11(22)7-15(30)13-5-4-10(21)6-14(13)20/h2-6,8,11,15H,7,9H2,1H3,(H4,23,24,25,26,27,28,29)/b3-2+. The van der Waals surface area contributed by atoms with Crippen molar-refractivity contribution >= 4 is 41.3 Å². The molecule has 11 heteroatoms. The molecule has 1 aliphatic rings. The molecule has 2 atom stereocenters. The van der Waals surface area contributed by atoms with Crippen LogP contribution in [0.1, 0.15) is 30.6 Å². The highest BCUT2D eigenvalue weighted by molar-refractivity contribution is 6.31. The van der Waals surface area contributed by atoms with Gasteiger partial charge in [0.05, 0.1) is 18.3 Å². The van der Waals surface area contributed by atoms with Crippen molar-refractivity contribution < 1.29 is 8.78 Å². The molecule has 0 radical (unpaired) electrons. The summed E-state index contributed by atoms with van der Waals surface area (Å²) in [5.41, 5.74) is 7.26. The molecule has 0 bridgehead atoms. The minimum atomic E-state index is -1.12. The van der Waals surface area contributed by atoms with Crippen molar-refractivity contribution in [2.45, 2.75) is 25.6 Å². The molecule has 1 fully saturated rings. The number of anilines is 4. The highest BCUT2D eigenvalue weighted by atomic mass is 35.5. The number of allylic oxidation sites excluding steroid dienone is 1. The van der Waals surface area contributed by atoms with E-state index in [4.69, 9.17) is 17.3 Å². The first-order valence-corrected chi connectivity index (χ1v) is 9.63. The second kappa shape index (κ2) is 8.23. The number of halogens is 3. The number of nitrogens with one attached hydrogen (secondary N) is 2. The predicted molar refractivity (Wildman–Crippen MR) is 112 cm³/mol. The molecular formula is C19H19ClF2N8. The van der Waals surface area contributed by atoms with E-state index < -0.39 is 18.0 Å². The normalized spacial score (nSPS) is 19.0. The highest BCUT2D eigenvalue weighted by Crippen LogP contribution is 2.39. The monoisotopic (exact) mass is 432 g/mol. The minimum absolute atomic E-state index is 0.0297. The summed E-state index contributed by atoms with van der Waals surface area (Å²) in [6.07, 6.45) is 2.78. The van der Waals surface area contributed by atoms with Gasteiger partial charge in [-0.15, -0.1) is 0 Å². The van der Waals surface area contributed by atoms with Crippen molar-refractivity contribution in [1.29, 1.82) is 0 Å². The topological polar surface area (TPSA) is 109 Å². The van der Waals surface area contributed by atoms with E-state index in [0.717, 1.165) is 5.69 Å². The molecule has 0 saturated carbocycles. The average molecular weight is 433 g/mol. The number of H-pyrrole nitrogens is 1. The fraction of sp³-hybridized carbons (Fsp3) is 0.263. The molecule has 0 spiro atoms. The van der Waals surface area contributed by atoms with Gasteiger partial charge in [0.1, 0.15) is 12.0 Å². The molecule has 2 aromatic heterocycles. The summed E-state index contributed by atoms with van der Waals surface area (Å²) in [6.45, 7) is 1.94. The molecule has 3 aromatic rings. The minimum Gasteiger partial charge on any atom is -0.368 e. The van der Waals surface area contributed by atoms with E-state index in [2.05, 4.69) is 30.5 Å². The molecule has 3 heterocycles. The maximum Gasteiger partial charge on any atom is 0.235 e. The number of rotatable bonds is 5. The Bertz CT molecular complexity index is 1090. The van der Waals surface area contributed by atoms with Crippen LogP contribution in [0.2, 0.25) is 5.02 Å². The van der Waals surface area contributed by atoms with Crippen molar-refractivity contribution in [3.05, 3.63) is 52.4 Å². The van der Waals surface area contributed by atoms with Gasteiger partial charge >= 0.3 is 0 Å². The summed E-state index contributed by atoms with van der Waals surface area (Å²) in [5, 5.41) is 10.1. The summed E-state index contributed by atoms with van der Waals surface area (Å²) in [5.74, 6) is 0.361. The maximum absolute atomic E-state index is 14.3. The molecule has 0 aliphatic carbocycles. The number of aromatic amines is 1. The lowest BCUT2D eigenvalue weighted by Crippen LogP contribution is -2.27. The van der Waals surface area contributed by atoms with Crippen LogP contribution in [0.25, 0.3) is 6.08 Å². The second-order valence-electron chi connectivity index (χ2n) is 6.82. The third-order valence-corrected chi connectivity index (χ3v) is 4.98. The first-order chi connectivity index (χ1) is 14.4. The van der Waals surface area contributed by atoms with Gasteiger partial charge < -0.3 is 16.0 Å². The van der Waals surface area contributed by atoms with E-state index in [9.17, 15) is 8.78 Å². The Morgan fingerprint density at radius 3 is 2.90 bits per heavy atom. The SMILES string of the molecule is C/C=C/c1cc(Nc2nc(N)nc(N3CC(F)CC3c3ccc(F)cc3Cl)n2)n[nH]1. The number of hydrogen-bond acceptors (Lipinski definition) is 7. The maximum atomic E-state index is 14.3. The summed E-state index contributed by atoms with van der Waals surface area (Å²) in [6, 6.07) is 5.35. The Kier molecular flexibility index (Phi) is 5.49. The van der Waals surface area contributed by atoms with Gasteiger partial charge in [0.15, 0.2) is 5.82 Å². The van der Waals surface area contributed by atoms with E-state index in [-0.39, 0.29) is 35.8 Å². The lowest BCUT2D eigenvalue weighted by atomic mass is 10.0. The second-order valence-corrected chi connectivity index (χ2v) is 7.22. The Labute approximate surface area is 176 Å². The number of nitrogen functional groups attached to an aromatic ring is 1. The van der Waals surface area contributed by atoms with Crippen molar-refractivity contribution in [2.24, 2.45) is 0 Å². The van der Waals surface area contributed by atoms with Crippen LogP contribution in [-0.2, 0) is 0 Å². The molecule has 0 amide bonds. The molecule has 1 saturated heterocycles. The largest absolute Gasteiger partial charge is 0.368 e. The van der Waals surface area contributed by atoms with Gasteiger partial charge in [0, 0.05) is 17.5 Å². The van der Waals surface area contributed by atoms with Crippen molar-refractivity contribution in [2.75, 3.05) is 22.5 Å². The van der Waals surface area contributed by atoms with E-state index in [1.165, 1.54) is 12.1 Å². The average Bonchev–Trinajstić information content (AvgIpc) is 3.28. The van der Waals surface area contributed by atoms with Crippen LogP contribution in [0.5, 0.6) is 0 Å². The van der Waals surface area contributed by atoms with E-state index >= 15 is 0 Å². The summed E-state index contributed by atoms with van der Waals surface area (Å²) in [4.78, 5) is 14.3. The summed E-state index contributed by atoms with van der Waals surface area (Å²) < 4.78 is 27.8. The number of aromatic nitrogens is 5. The molecule has 2 unspecified atom stereocenters. The van der Waals surface area contributed by atoms with E-state index in [1.807, 2.05) is 19.1 Å². The third kappa shape index (κ3) is 4.18.